The number of amides is 1. The summed E-state index contributed by atoms with van der Waals surface area (Å²) in [6.45, 7) is 1.92. The summed E-state index contributed by atoms with van der Waals surface area (Å²) in [4.78, 5) is 12.0. The van der Waals surface area contributed by atoms with E-state index < -0.39 is 0 Å². The predicted octanol–water partition coefficient (Wildman–Crippen LogP) is 1.73. The Morgan fingerprint density at radius 1 is 1.33 bits per heavy atom. The number of carbonyl (C=O) groups excluding carboxylic acids is 1. The van der Waals surface area contributed by atoms with Gasteiger partial charge in [0.15, 0.2) is 0 Å². The normalized spacial score (nSPS) is 17.8. The third-order valence-electron chi connectivity index (χ3n) is 3.69. The lowest BCUT2D eigenvalue weighted by Crippen LogP contribution is -2.33. The van der Waals surface area contributed by atoms with E-state index in [1.54, 1.807) is 6.20 Å². The maximum absolute atomic E-state index is 12.0. The molecule has 2 heterocycles. The first kappa shape index (κ1) is 13.8. The van der Waals surface area contributed by atoms with Crippen LogP contribution in [-0.4, -0.2) is 28.4 Å². The Hall–Kier alpha value is -2.14. The Morgan fingerprint density at radius 2 is 2.19 bits per heavy atom. The van der Waals surface area contributed by atoms with Gasteiger partial charge in [-0.25, -0.2) is 0 Å². The summed E-state index contributed by atoms with van der Waals surface area (Å²) in [5.41, 5.74) is 2.27. The molecule has 1 aromatic heterocycles. The number of nitrogens with zero attached hydrogens (tertiary/aromatic N) is 2. The molecule has 1 aliphatic rings. The van der Waals surface area contributed by atoms with Crippen LogP contribution in [0.3, 0.4) is 0 Å². The van der Waals surface area contributed by atoms with Gasteiger partial charge in [-0.05, 0) is 30.0 Å². The fourth-order valence-electron chi connectivity index (χ4n) is 2.53. The molecule has 0 radical (unpaired) electrons. The molecule has 5 nitrogen and oxygen atoms in total. The highest BCUT2D eigenvalue weighted by Crippen LogP contribution is 2.13. The van der Waals surface area contributed by atoms with Crippen molar-refractivity contribution in [1.29, 1.82) is 0 Å². The molecule has 110 valence electrons. The number of nitrogens with one attached hydrogen (secondary N) is 1. The van der Waals surface area contributed by atoms with Crippen molar-refractivity contribution in [2.24, 2.45) is 0 Å². The Balaban J connectivity index is 1.63. The molecule has 1 atom stereocenters. The molecule has 5 heteroatoms. The van der Waals surface area contributed by atoms with Crippen LogP contribution in [0, 0.1) is 0 Å². The van der Waals surface area contributed by atoms with Gasteiger partial charge in [0.05, 0.1) is 6.54 Å². The van der Waals surface area contributed by atoms with Crippen LogP contribution in [0.15, 0.2) is 42.7 Å². The predicted molar refractivity (Wildman–Crippen MR) is 78.6 cm³/mol. The molecule has 1 N–H and O–H groups in total. The van der Waals surface area contributed by atoms with Gasteiger partial charge in [0.25, 0.3) is 0 Å². The second-order valence-electron chi connectivity index (χ2n) is 5.19. The first-order valence-corrected chi connectivity index (χ1v) is 7.26. The molecule has 1 aromatic carbocycles. The van der Waals surface area contributed by atoms with E-state index in [1.165, 1.54) is 0 Å². The van der Waals surface area contributed by atoms with E-state index in [4.69, 9.17) is 4.74 Å². The zero-order valence-corrected chi connectivity index (χ0v) is 11.9. The Bertz CT molecular complexity index is 589. The number of rotatable bonds is 5. The molecular weight excluding hydrogens is 266 g/mol. The molecule has 1 fully saturated rings. The number of benzene rings is 1. The fourth-order valence-corrected chi connectivity index (χ4v) is 2.53. The quantitative estimate of drug-likeness (QED) is 0.910. The first-order valence-electron chi connectivity index (χ1n) is 7.26. The number of hydrogen-bond donors (Lipinski definition) is 1. The summed E-state index contributed by atoms with van der Waals surface area (Å²) >= 11 is 0. The number of aromatic nitrogens is 2. The van der Waals surface area contributed by atoms with Crippen LogP contribution in [-0.2, 0) is 22.6 Å². The summed E-state index contributed by atoms with van der Waals surface area (Å²) in [7, 11) is 0. The van der Waals surface area contributed by atoms with Crippen molar-refractivity contribution in [3.63, 3.8) is 0 Å². The molecule has 0 saturated carbocycles. The molecule has 21 heavy (non-hydrogen) atoms. The van der Waals surface area contributed by atoms with Crippen molar-refractivity contribution in [1.82, 2.24) is 15.1 Å². The minimum atomic E-state index is -0.275. The van der Waals surface area contributed by atoms with Gasteiger partial charge >= 0.3 is 0 Å². The highest BCUT2D eigenvalue weighted by Gasteiger charge is 2.23. The van der Waals surface area contributed by atoms with E-state index in [1.807, 2.05) is 35.1 Å². The Morgan fingerprint density at radius 3 is 2.90 bits per heavy atom. The largest absolute Gasteiger partial charge is 0.368 e. The van der Waals surface area contributed by atoms with E-state index in [-0.39, 0.29) is 12.0 Å². The monoisotopic (exact) mass is 285 g/mol. The summed E-state index contributed by atoms with van der Waals surface area (Å²) in [5, 5.41) is 7.19. The maximum Gasteiger partial charge on any atom is 0.249 e. The maximum atomic E-state index is 12.0. The average molecular weight is 285 g/mol. The molecular formula is C16H19N3O2. The van der Waals surface area contributed by atoms with Crippen LogP contribution < -0.4 is 5.32 Å². The Kier molecular flexibility index (Phi) is 4.31. The minimum absolute atomic E-state index is 0.0126. The lowest BCUT2D eigenvalue weighted by atomic mass is 10.1. The minimum Gasteiger partial charge on any atom is -0.368 e. The third kappa shape index (κ3) is 3.49. The van der Waals surface area contributed by atoms with E-state index in [0.717, 1.165) is 24.0 Å². The summed E-state index contributed by atoms with van der Waals surface area (Å²) < 4.78 is 7.27. The van der Waals surface area contributed by atoms with Gasteiger partial charge in [-0.1, -0.05) is 24.3 Å². The third-order valence-corrected chi connectivity index (χ3v) is 3.69. The fraction of sp³-hybridized carbons (Fsp3) is 0.375. The van der Waals surface area contributed by atoms with Gasteiger partial charge < -0.3 is 10.1 Å². The number of ether oxygens (including phenoxy) is 1. The van der Waals surface area contributed by atoms with Crippen LogP contribution in [0.25, 0.3) is 0 Å². The molecule has 0 bridgehead atoms. The molecule has 3 rings (SSSR count). The van der Waals surface area contributed by atoms with Gasteiger partial charge in [-0.2, -0.15) is 5.10 Å². The molecule has 1 amide bonds. The van der Waals surface area contributed by atoms with Crippen molar-refractivity contribution in [2.45, 2.75) is 32.0 Å². The van der Waals surface area contributed by atoms with Crippen molar-refractivity contribution >= 4 is 5.91 Å². The van der Waals surface area contributed by atoms with Gasteiger partial charge in [-0.3, -0.25) is 9.48 Å². The highest BCUT2D eigenvalue weighted by atomic mass is 16.5. The van der Waals surface area contributed by atoms with Gasteiger partial charge in [0.1, 0.15) is 6.10 Å². The zero-order valence-electron chi connectivity index (χ0n) is 11.9. The van der Waals surface area contributed by atoms with Crippen molar-refractivity contribution in [3.05, 3.63) is 53.9 Å². The standard InChI is InChI=1S/C16H19N3O2/c20-16(15-7-3-10-21-15)17-11-13-5-1-2-6-14(13)12-19-9-4-8-18-19/h1-2,4-6,8-9,15H,3,7,10-12H2,(H,17,20)/t15-/m0/s1. The highest BCUT2D eigenvalue weighted by molar-refractivity contribution is 5.80. The van der Waals surface area contributed by atoms with Gasteiger partial charge in [0, 0.05) is 25.5 Å². The number of carbonyl (C=O) groups is 1. The topological polar surface area (TPSA) is 56.2 Å². The number of hydrogen-bond acceptors (Lipinski definition) is 3. The molecule has 2 aromatic rings. The van der Waals surface area contributed by atoms with E-state index in [0.29, 0.717) is 19.7 Å². The zero-order chi connectivity index (χ0) is 14.5. The van der Waals surface area contributed by atoms with Crippen LogP contribution in [0.1, 0.15) is 24.0 Å². The van der Waals surface area contributed by atoms with Gasteiger partial charge in [0.2, 0.25) is 5.91 Å². The first-order chi connectivity index (χ1) is 10.3. The van der Waals surface area contributed by atoms with E-state index in [2.05, 4.69) is 16.5 Å². The van der Waals surface area contributed by atoms with Crippen LogP contribution >= 0.6 is 0 Å². The lowest BCUT2D eigenvalue weighted by Gasteiger charge is -2.13. The molecule has 0 aliphatic carbocycles. The van der Waals surface area contributed by atoms with Crippen molar-refractivity contribution in [3.8, 4) is 0 Å². The van der Waals surface area contributed by atoms with Gasteiger partial charge in [-0.15, -0.1) is 0 Å². The average Bonchev–Trinajstić information content (AvgIpc) is 3.19. The molecule has 0 spiro atoms. The summed E-state index contributed by atoms with van der Waals surface area (Å²) in [6, 6.07) is 10.00. The smallest absolute Gasteiger partial charge is 0.249 e. The SMILES string of the molecule is O=C(NCc1ccccc1Cn1cccn1)[C@@H]1CCCO1. The van der Waals surface area contributed by atoms with Crippen LogP contribution in [0.4, 0.5) is 0 Å². The van der Waals surface area contributed by atoms with Crippen molar-refractivity contribution < 1.29 is 9.53 Å². The second-order valence-corrected chi connectivity index (χ2v) is 5.19. The van der Waals surface area contributed by atoms with E-state index >= 15 is 0 Å². The van der Waals surface area contributed by atoms with E-state index in [9.17, 15) is 4.79 Å². The Labute approximate surface area is 123 Å². The molecule has 0 unspecified atom stereocenters. The lowest BCUT2D eigenvalue weighted by molar-refractivity contribution is -0.130. The molecule has 1 aliphatic heterocycles. The second kappa shape index (κ2) is 6.54. The molecule has 1 saturated heterocycles. The van der Waals surface area contributed by atoms with Crippen molar-refractivity contribution in [2.75, 3.05) is 6.61 Å². The summed E-state index contributed by atoms with van der Waals surface area (Å²) in [6.07, 6.45) is 5.21. The summed E-state index contributed by atoms with van der Waals surface area (Å²) in [5.74, 6) is -0.0126. The van der Waals surface area contributed by atoms with Crippen LogP contribution in [0.2, 0.25) is 0 Å². The van der Waals surface area contributed by atoms with Crippen LogP contribution in [0.5, 0.6) is 0 Å².